The van der Waals surface area contributed by atoms with Crippen molar-refractivity contribution < 1.29 is 0 Å². The molecule has 0 aliphatic carbocycles. The first-order valence-corrected chi connectivity index (χ1v) is 6.43. The van der Waals surface area contributed by atoms with Crippen LogP contribution in [0.2, 0.25) is 0 Å². The van der Waals surface area contributed by atoms with Crippen LogP contribution < -0.4 is 16.0 Å². The Kier molecular flexibility index (Phi) is 4.12. The molecule has 0 saturated heterocycles. The van der Waals surface area contributed by atoms with Gasteiger partial charge in [0.25, 0.3) is 0 Å². The zero-order valence-corrected chi connectivity index (χ0v) is 11.9. The van der Waals surface area contributed by atoms with Crippen LogP contribution in [0, 0.1) is 0 Å². The van der Waals surface area contributed by atoms with Crippen molar-refractivity contribution >= 4 is 11.6 Å². The van der Waals surface area contributed by atoms with Crippen molar-refractivity contribution in [2.75, 3.05) is 13.6 Å². The van der Waals surface area contributed by atoms with Crippen LogP contribution in [0.25, 0.3) is 23.0 Å². The van der Waals surface area contributed by atoms with E-state index in [1.54, 1.807) is 6.20 Å². The van der Waals surface area contributed by atoms with Gasteiger partial charge in [0.1, 0.15) is 5.82 Å². The highest BCUT2D eigenvalue weighted by atomic mass is 15.1. The Bertz CT molecular complexity index is 668. The summed E-state index contributed by atoms with van der Waals surface area (Å²) in [6.07, 6.45) is 5.67. The molecule has 4 heteroatoms. The van der Waals surface area contributed by atoms with Gasteiger partial charge in [-0.3, -0.25) is 4.98 Å². The Hall–Kier alpha value is -1.94. The van der Waals surface area contributed by atoms with Gasteiger partial charge in [0.15, 0.2) is 0 Å². The minimum absolute atomic E-state index is 0.854. The number of nitrogens with zero attached hydrogens (tertiary/aromatic N) is 3. The maximum Gasteiger partial charge on any atom is 0.142 e. The lowest BCUT2D eigenvalue weighted by Gasteiger charge is -2.03. The monoisotopic (exact) mass is 256 g/mol. The highest BCUT2D eigenvalue weighted by Crippen LogP contribution is 2.11. The second kappa shape index (κ2) is 5.80. The average molecular weight is 256 g/mol. The van der Waals surface area contributed by atoms with Crippen LogP contribution in [0.5, 0.6) is 0 Å². The Balaban J connectivity index is 2.73. The Labute approximate surface area is 113 Å². The molecule has 0 amide bonds. The summed E-state index contributed by atoms with van der Waals surface area (Å²) in [5, 5.41) is 5.39. The number of aromatic nitrogens is 3. The van der Waals surface area contributed by atoms with Gasteiger partial charge in [0.05, 0.1) is 10.7 Å². The molecule has 0 radical (unpaired) electrons. The molecule has 0 unspecified atom stereocenters. The fourth-order valence-electron chi connectivity index (χ4n) is 2.33. The van der Waals surface area contributed by atoms with E-state index in [1.807, 2.05) is 38.4 Å². The third-order valence-corrected chi connectivity index (χ3v) is 3.16. The molecule has 0 aromatic carbocycles. The van der Waals surface area contributed by atoms with E-state index >= 15 is 0 Å². The predicted octanol–water partition coefficient (Wildman–Crippen LogP) is 0.672. The molecule has 19 heavy (non-hydrogen) atoms. The summed E-state index contributed by atoms with van der Waals surface area (Å²) in [7, 11) is 4.01. The van der Waals surface area contributed by atoms with E-state index in [1.165, 1.54) is 10.9 Å². The van der Waals surface area contributed by atoms with Gasteiger partial charge in [-0.2, -0.15) is 0 Å². The lowest BCUT2D eigenvalue weighted by atomic mass is 10.2. The van der Waals surface area contributed by atoms with Gasteiger partial charge in [0, 0.05) is 31.5 Å². The van der Waals surface area contributed by atoms with E-state index in [2.05, 4.69) is 28.8 Å². The van der Waals surface area contributed by atoms with E-state index in [0.29, 0.717) is 0 Å². The van der Waals surface area contributed by atoms with Crippen molar-refractivity contribution in [3.63, 3.8) is 0 Å². The van der Waals surface area contributed by atoms with Crippen LogP contribution in [-0.4, -0.2) is 28.1 Å². The summed E-state index contributed by atoms with van der Waals surface area (Å²) in [6.45, 7) is 5.01. The van der Waals surface area contributed by atoms with Crippen LogP contribution in [0.1, 0.15) is 13.8 Å². The Morgan fingerprint density at radius 3 is 2.84 bits per heavy atom. The molecule has 100 valence electrons. The van der Waals surface area contributed by atoms with Gasteiger partial charge in [-0.15, -0.1) is 0 Å². The van der Waals surface area contributed by atoms with E-state index in [9.17, 15) is 0 Å². The Morgan fingerprint density at radius 1 is 1.47 bits per heavy atom. The number of nitrogens with one attached hydrogen (secondary N) is 1. The first-order valence-electron chi connectivity index (χ1n) is 6.43. The van der Waals surface area contributed by atoms with Crippen molar-refractivity contribution in [3.05, 3.63) is 35.2 Å². The molecule has 2 aromatic heterocycles. The van der Waals surface area contributed by atoms with E-state index in [4.69, 9.17) is 4.98 Å². The normalized spacial score (nSPS) is 13.8. The average Bonchev–Trinajstić information content (AvgIpc) is 2.77. The molecular formula is C15H20N4. The number of imidazole rings is 1. The molecule has 0 saturated carbocycles. The SMILES string of the molecule is CC=c1nc(-c2cccnc2)n(C)c1=C(C)CNC. The summed E-state index contributed by atoms with van der Waals surface area (Å²) >= 11 is 0. The van der Waals surface area contributed by atoms with Gasteiger partial charge in [0.2, 0.25) is 0 Å². The van der Waals surface area contributed by atoms with E-state index in [-0.39, 0.29) is 0 Å². The minimum atomic E-state index is 0.854. The molecule has 0 bridgehead atoms. The number of hydrogen-bond acceptors (Lipinski definition) is 3. The smallest absolute Gasteiger partial charge is 0.142 e. The number of pyridine rings is 1. The maximum absolute atomic E-state index is 4.72. The van der Waals surface area contributed by atoms with Crippen molar-refractivity contribution in [3.8, 4) is 11.4 Å². The van der Waals surface area contributed by atoms with Crippen molar-refractivity contribution in [2.24, 2.45) is 7.05 Å². The first-order chi connectivity index (χ1) is 9.19. The standard InChI is InChI=1S/C15H20N4/c1-5-13-14(11(2)9-16-3)19(4)15(18-13)12-7-6-8-17-10-12/h5-8,10,16H,9H2,1-4H3. The van der Waals surface area contributed by atoms with Crippen molar-refractivity contribution in [1.29, 1.82) is 0 Å². The van der Waals surface area contributed by atoms with E-state index in [0.717, 1.165) is 23.3 Å². The highest BCUT2D eigenvalue weighted by molar-refractivity contribution is 5.56. The largest absolute Gasteiger partial charge is 0.327 e. The molecule has 0 fully saturated rings. The quantitative estimate of drug-likeness (QED) is 0.878. The second-order valence-corrected chi connectivity index (χ2v) is 4.57. The van der Waals surface area contributed by atoms with Crippen molar-refractivity contribution in [1.82, 2.24) is 19.9 Å². The molecule has 0 aliphatic heterocycles. The van der Waals surface area contributed by atoms with Gasteiger partial charge < -0.3 is 9.88 Å². The molecule has 0 atom stereocenters. The third-order valence-electron chi connectivity index (χ3n) is 3.16. The summed E-state index contributed by atoms with van der Waals surface area (Å²) in [4.78, 5) is 8.89. The number of hydrogen-bond donors (Lipinski definition) is 1. The summed E-state index contributed by atoms with van der Waals surface area (Å²) in [5.41, 5.74) is 2.32. The molecular weight excluding hydrogens is 236 g/mol. The first kappa shape index (κ1) is 13.5. The van der Waals surface area contributed by atoms with Gasteiger partial charge in [-0.05, 0) is 38.6 Å². The van der Waals surface area contributed by atoms with Crippen LogP contribution in [0.15, 0.2) is 24.5 Å². The number of rotatable bonds is 3. The molecule has 4 nitrogen and oxygen atoms in total. The highest BCUT2D eigenvalue weighted by Gasteiger charge is 2.08. The van der Waals surface area contributed by atoms with Gasteiger partial charge >= 0.3 is 0 Å². The molecule has 0 spiro atoms. The molecule has 1 N–H and O–H groups in total. The zero-order chi connectivity index (χ0) is 13.8. The molecule has 2 heterocycles. The van der Waals surface area contributed by atoms with Crippen LogP contribution in [0.3, 0.4) is 0 Å². The maximum atomic E-state index is 4.72. The fraction of sp³-hybridized carbons (Fsp3) is 0.333. The lowest BCUT2D eigenvalue weighted by Crippen LogP contribution is -2.33. The van der Waals surface area contributed by atoms with Crippen LogP contribution >= 0.6 is 0 Å². The molecule has 2 aromatic rings. The summed E-state index contributed by atoms with van der Waals surface area (Å²) in [5.74, 6) is 0.951. The van der Waals surface area contributed by atoms with Crippen LogP contribution in [-0.2, 0) is 7.05 Å². The second-order valence-electron chi connectivity index (χ2n) is 4.57. The summed E-state index contributed by atoms with van der Waals surface area (Å²) < 4.78 is 2.14. The molecule has 0 aliphatic rings. The van der Waals surface area contributed by atoms with E-state index < -0.39 is 0 Å². The minimum Gasteiger partial charge on any atom is -0.327 e. The van der Waals surface area contributed by atoms with Crippen LogP contribution in [0.4, 0.5) is 0 Å². The van der Waals surface area contributed by atoms with Gasteiger partial charge in [-0.1, -0.05) is 6.08 Å². The molecule has 2 rings (SSSR count). The predicted molar refractivity (Wildman–Crippen MR) is 78.8 cm³/mol. The summed E-state index contributed by atoms with van der Waals surface area (Å²) in [6, 6.07) is 3.97. The topological polar surface area (TPSA) is 42.7 Å². The third kappa shape index (κ3) is 2.58. The lowest BCUT2D eigenvalue weighted by molar-refractivity contribution is 0.861. The zero-order valence-electron chi connectivity index (χ0n) is 11.9. The van der Waals surface area contributed by atoms with Gasteiger partial charge in [-0.25, -0.2) is 4.98 Å². The van der Waals surface area contributed by atoms with Crippen molar-refractivity contribution in [2.45, 2.75) is 13.8 Å². The fourth-order valence-corrected chi connectivity index (χ4v) is 2.33. The Morgan fingerprint density at radius 2 is 2.26 bits per heavy atom.